The number of nitrogens with one attached hydrogen (secondary N) is 1. The molecule has 3 N–H and O–H groups in total. The maximum Gasteiger partial charge on any atom is 0.102 e. The average molecular weight is 296 g/mol. The van der Waals surface area contributed by atoms with E-state index in [-0.39, 0.29) is 5.92 Å². The number of rotatable bonds is 1. The van der Waals surface area contributed by atoms with E-state index in [0.717, 1.165) is 18.2 Å². The molecule has 5 atom stereocenters. The Balaban J connectivity index is 1.77. The van der Waals surface area contributed by atoms with Crippen molar-refractivity contribution in [1.29, 1.82) is 15.9 Å². The Morgan fingerprint density at radius 3 is 2.67 bits per heavy atom. The van der Waals surface area contributed by atoms with Crippen LogP contribution in [0.2, 0.25) is 0 Å². The molecule has 2 fully saturated rings. The van der Waals surface area contributed by atoms with Gasteiger partial charge in [0.05, 0.1) is 27.8 Å². The highest BCUT2D eigenvalue weighted by molar-refractivity contribution is 8.17. The van der Waals surface area contributed by atoms with E-state index < -0.39 is 5.92 Å². The van der Waals surface area contributed by atoms with Gasteiger partial charge in [-0.3, -0.25) is 5.41 Å². The number of nitrogens with zero attached hydrogens (tertiary/aromatic N) is 2. The van der Waals surface area contributed by atoms with Crippen LogP contribution < -0.4 is 5.73 Å². The fourth-order valence-electron chi connectivity index (χ4n) is 4.89. The third-order valence-electron chi connectivity index (χ3n) is 5.95. The maximum atomic E-state index is 9.51. The fraction of sp³-hybridized carbons (Fsp3) is 0.562. The number of thioether (sulfide) groups is 1. The van der Waals surface area contributed by atoms with Crippen LogP contribution in [-0.4, -0.2) is 5.04 Å². The van der Waals surface area contributed by atoms with Gasteiger partial charge in [-0.25, -0.2) is 0 Å². The van der Waals surface area contributed by atoms with Crippen LogP contribution in [0.4, 0.5) is 0 Å². The lowest BCUT2D eigenvalue weighted by atomic mass is 9.71. The molecule has 2 bridgehead atoms. The van der Waals surface area contributed by atoms with E-state index in [4.69, 9.17) is 11.1 Å². The zero-order chi connectivity index (χ0) is 14.8. The number of nitriles is 2. The molecule has 2 saturated carbocycles. The second-order valence-corrected chi connectivity index (χ2v) is 7.72. The van der Waals surface area contributed by atoms with E-state index >= 15 is 0 Å². The Hall–Kier alpha value is -1.72. The van der Waals surface area contributed by atoms with Crippen LogP contribution in [0.3, 0.4) is 0 Å². The van der Waals surface area contributed by atoms with Crippen LogP contribution in [0.1, 0.15) is 19.3 Å². The predicted molar refractivity (Wildman–Crippen MR) is 80.6 cm³/mol. The van der Waals surface area contributed by atoms with E-state index in [2.05, 4.69) is 24.3 Å². The summed E-state index contributed by atoms with van der Waals surface area (Å²) in [5.74, 6) is 0.672. The molecule has 4 aliphatic rings. The van der Waals surface area contributed by atoms with E-state index in [0.29, 0.717) is 38.8 Å². The molecule has 0 amide bonds. The molecule has 4 rings (SSSR count). The predicted octanol–water partition coefficient (Wildman–Crippen LogP) is 2.76. The zero-order valence-corrected chi connectivity index (χ0v) is 12.4. The van der Waals surface area contributed by atoms with Crippen molar-refractivity contribution in [2.24, 2.45) is 40.7 Å². The lowest BCUT2D eigenvalue weighted by Crippen LogP contribution is -2.35. The SMILES string of the molecule is N#CC1=C(N)SC(=N)[C@@H](C#N)[C@H]1[C@H]1C[C@H]2C=C[C@H]1C21CC1. The van der Waals surface area contributed by atoms with Crippen molar-refractivity contribution in [1.82, 2.24) is 0 Å². The molecule has 0 aromatic rings. The van der Waals surface area contributed by atoms with Crippen LogP contribution in [0, 0.1) is 63.1 Å². The highest BCUT2D eigenvalue weighted by atomic mass is 32.2. The van der Waals surface area contributed by atoms with Crippen LogP contribution >= 0.6 is 11.8 Å². The van der Waals surface area contributed by atoms with Gasteiger partial charge in [-0.2, -0.15) is 10.5 Å². The van der Waals surface area contributed by atoms with Crippen LogP contribution in [0.25, 0.3) is 0 Å². The summed E-state index contributed by atoms with van der Waals surface area (Å²) in [5, 5.41) is 27.8. The van der Waals surface area contributed by atoms with Crippen molar-refractivity contribution < 1.29 is 0 Å². The van der Waals surface area contributed by atoms with Crippen molar-refractivity contribution in [2.75, 3.05) is 0 Å². The molecule has 0 saturated heterocycles. The summed E-state index contributed by atoms with van der Waals surface area (Å²) >= 11 is 1.08. The van der Waals surface area contributed by atoms with Gasteiger partial charge in [0.15, 0.2) is 0 Å². The molecule has 1 heterocycles. The highest BCUT2D eigenvalue weighted by Crippen LogP contribution is 2.72. The molecule has 21 heavy (non-hydrogen) atoms. The van der Waals surface area contributed by atoms with E-state index in [1.807, 2.05) is 0 Å². The van der Waals surface area contributed by atoms with Crippen molar-refractivity contribution >= 4 is 16.8 Å². The Bertz CT molecular complexity index is 673. The van der Waals surface area contributed by atoms with E-state index in [1.165, 1.54) is 12.8 Å². The largest absolute Gasteiger partial charge is 0.392 e. The highest BCUT2D eigenvalue weighted by Gasteiger charge is 2.65. The van der Waals surface area contributed by atoms with Crippen LogP contribution in [0.5, 0.6) is 0 Å². The molecule has 1 spiro atoms. The van der Waals surface area contributed by atoms with Crippen LogP contribution in [0.15, 0.2) is 22.8 Å². The molecule has 0 aromatic carbocycles. The summed E-state index contributed by atoms with van der Waals surface area (Å²) in [7, 11) is 0. The summed E-state index contributed by atoms with van der Waals surface area (Å²) in [4.78, 5) is 0. The topological polar surface area (TPSA) is 97.4 Å². The Labute approximate surface area is 128 Å². The second-order valence-electron chi connectivity index (χ2n) is 6.64. The summed E-state index contributed by atoms with van der Waals surface area (Å²) in [5.41, 5.74) is 6.96. The van der Waals surface area contributed by atoms with Gasteiger partial charge in [-0.1, -0.05) is 23.9 Å². The molecular weight excluding hydrogens is 280 g/mol. The van der Waals surface area contributed by atoms with Gasteiger partial charge in [0.1, 0.15) is 5.92 Å². The number of hydrogen-bond donors (Lipinski definition) is 2. The van der Waals surface area contributed by atoms with Gasteiger partial charge in [-0.15, -0.1) is 0 Å². The Kier molecular flexibility index (Phi) is 2.56. The minimum atomic E-state index is -0.509. The first kappa shape index (κ1) is 13.0. The van der Waals surface area contributed by atoms with Crippen molar-refractivity contribution in [3.63, 3.8) is 0 Å². The molecular formula is C16H16N4S. The molecule has 1 aliphatic heterocycles. The van der Waals surface area contributed by atoms with E-state index in [9.17, 15) is 10.5 Å². The van der Waals surface area contributed by atoms with Gasteiger partial charge in [-0.05, 0) is 42.4 Å². The first-order valence-corrected chi connectivity index (χ1v) is 8.18. The fourth-order valence-corrected chi connectivity index (χ4v) is 5.74. The zero-order valence-electron chi connectivity index (χ0n) is 11.5. The van der Waals surface area contributed by atoms with Gasteiger partial charge in [0.25, 0.3) is 0 Å². The number of hydrogen-bond acceptors (Lipinski definition) is 5. The lowest BCUT2D eigenvalue weighted by Gasteiger charge is -2.35. The first-order valence-electron chi connectivity index (χ1n) is 7.36. The lowest BCUT2D eigenvalue weighted by molar-refractivity contribution is 0.279. The molecule has 0 aromatic heterocycles. The van der Waals surface area contributed by atoms with Gasteiger partial charge < -0.3 is 5.73 Å². The van der Waals surface area contributed by atoms with Crippen LogP contribution in [-0.2, 0) is 0 Å². The first-order chi connectivity index (χ1) is 10.1. The van der Waals surface area contributed by atoms with Crippen molar-refractivity contribution in [3.8, 4) is 12.1 Å². The number of allylic oxidation sites excluding steroid dienone is 3. The molecule has 106 valence electrons. The summed E-state index contributed by atoms with van der Waals surface area (Å²) in [6, 6.07) is 4.50. The standard InChI is InChI=1S/C16H16N4S/c17-6-10-13(11(7-18)15(20)21-14(10)19)9-5-8-1-2-12(9)16(8)3-4-16/h1-2,8-10,12-13,19H,3-5,20H2/t8-,9+,10+,12-,13-/m1/s1. The molecule has 0 radical (unpaired) electrons. The quantitative estimate of drug-likeness (QED) is 0.727. The Morgan fingerprint density at radius 1 is 1.33 bits per heavy atom. The van der Waals surface area contributed by atoms with Crippen molar-refractivity contribution in [2.45, 2.75) is 19.3 Å². The third kappa shape index (κ3) is 1.53. The number of nitrogens with two attached hydrogens (primary N) is 1. The third-order valence-corrected chi connectivity index (χ3v) is 6.86. The smallest absolute Gasteiger partial charge is 0.102 e. The molecule has 4 nitrogen and oxygen atoms in total. The molecule has 5 heteroatoms. The molecule has 0 unspecified atom stereocenters. The second kappa shape index (κ2) is 4.15. The summed E-state index contributed by atoms with van der Waals surface area (Å²) in [6.07, 6.45) is 8.21. The van der Waals surface area contributed by atoms with Gasteiger partial charge in [0.2, 0.25) is 0 Å². The Morgan fingerprint density at radius 2 is 2.10 bits per heavy atom. The normalized spacial score (nSPS) is 42.2. The van der Waals surface area contributed by atoms with Gasteiger partial charge in [0, 0.05) is 5.92 Å². The van der Waals surface area contributed by atoms with Gasteiger partial charge >= 0.3 is 0 Å². The van der Waals surface area contributed by atoms with E-state index in [1.54, 1.807) is 0 Å². The average Bonchev–Trinajstić information content (AvgIpc) is 3.13. The summed E-state index contributed by atoms with van der Waals surface area (Å²) in [6.45, 7) is 0. The monoisotopic (exact) mass is 296 g/mol. The molecule has 3 aliphatic carbocycles. The minimum Gasteiger partial charge on any atom is -0.392 e. The minimum absolute atomic E-state index is 0.189. The summed E-state index contributed by atoms with van der Waals surface area (Å²) < 4.78 is 0. The maximum absolute atomic E-state index is 9.51. The van der Waals surface area contributed by atoms with Crippen molar-refractivity contribution in [3.05, 3.63) is 22.8 Å².